The number of urea groups is 1. The highest BCUT2D eigenvalue weighted by Gasteiger charge is 2.25. The Morgan fingerprint density at radius 2 is 2.38 bits per heavy atom. The van der Waals surface area contributed by atoms with Crippen LogP contribution in [0.5, 0.6) is 0 Å². The molecule has 13 heavy (non-hydrogen) atoms. The lowest BCUT2D eigenvalue weighted by molar-refractivity contribution is -0.133. The fraction of sp³-hybridized carbons (Fsp3) is 0.750. The smallest absolute Gasteiger partial charge is 0.324 e. The molecule has 1 aliphatic rings. The molecule has 0 aromatic heterocycles. The predicted molar refractivity (Wildman–Crippen MR) is 46.2 cm³/mol. The van der Waals surface area contributed by atoms with Gasteiger partial charge in [0.05, 0.1) is 6.10 Å². The molecular weight excluding hydrogens is 172 g/mol. The number of imide groups is 1. The molecule has 0 saturated carbocycles. The summed E-state index contributed by atoms with van der Waals surface area (Å²) in [6, 6.07) is -0.322. The Kier molecular flexibility index (Phi) is 3.25. The van der Waals surface area contributed by atoms with Gasteiger partial charge in [-0.1, -0.05) is 0 Å². The van der Waals surface area contributed by atoms with Gasteiger partial charge in [0, 0.05) is 13.1 Å². The SMILES string of the molecule is CC(C)OCC(=O)N1CCNC1=O. The van der Waals surface area contributed by atoms with E-state index in [2.05, 4.69) is 5.32 Å². The van der Waals surface area contributed by atoms with Crippen molar-refractivity contribution in [2.45, 2.75) is 20.0 Å². The van der Waals surface area contributed by atoms with Crippen molar-refractivity contribution < 1.29 is 14.3 Å². The molecule has 0 aliphatic carbocycles. The molecule has 1 N–H and O–H groups in total. The van der Waals surface area contributed by atoms with Crippen LogP contribution in [0.4, 0.5) is 4.79 Å². The van der Waals surface area contributed by atoms with Gasteiger partial charge in [-0.3, -0.25) is 9.69 Å². The molecule has 0 aromatic rings. The standard InChI is InChI=1S/C8H14N2O3/c1-6(2)13-5-7(11)10-4-3-9-8(10)12/h6H,3-5H2,1-2H3,(H,9,12). The molecule has 3 amide bonds. The van der Waals surface area contributed by atoms with E-state index >= 15 is 0 Å². The summed E-state index contributed by atoms with van der Waals surface area (Å²) >= 11 is 0. The zero-order chi connectivity index (χ0) is 9.84. The molecule has 0 atom stereocenters. The molecule has 0 bridgehead atoms. The highest BCUT2D eigenvalue weighted by atomic mass is 16.5. The second-order valence-corrected chi connectivity index (χ2v) is 3.14. The molecule has 1 rings (SSSR count). The van der Waals surface area contributed by atoms with Gasteiger partial charge in [0.25, 0.3) is 5.91 Å². The van der Waals surface area contributed by atoms with Crippen molar-refractivity contribution in [3.8, 4) is 0 Å². The van der Waals surface area contributed by atoms with Crippen molar-refractivity contribution in [2.24, 2.45) is 0 Å². The van der Waals surface area contributed by atoms with Gasteiger partial charge >= 0.3 is 6.03 Å². The summed E-state index contributed by atoms with van der Waals surface area (Å²) < 4.78 is 5.09. The minimum atomic E-state index is -0.322. The van der Waals surface area contributed by atoms with Gasteiger partial charge in [-0.25, -0.2) is 4.79 Å². The Morgan fingerprint density at radius 3 is 2.85 bits per heavy atom. The number of amides is 3. The Labute approximate surface area is 77.0 Å². The molecule has 1 fully saturated rings. The maximum Gasteiger partial charge on any atom is 0.324 e. The largest absolute Gasteiger partial charge is 0.369 e. The lowest BCUT2D eigenvalue weighted by atomic mass is 10.4. The summed E-state index contributed by atoms with van der Waals surface area (Å²) in [5, 5.41) is 2.55. The van der Waals surface area contributed by atoms with Crippen LogP contribution in [0.1, 0.15) is 13.8 Å². The van der Waals surface area contributed by atoms with Crippen LogP contribution in [-0.2, 0) is 9.53 Å². The van der Waals surface area contributed by atoms with E-state index in [1.165, 1.54) is 4.90 Å². The number of nitrogens with zero attached hydrogens (tertiary/aromatic N) is 1. The number of nitrogens with one attached hydrogen (secondary N) is 1. The van der Waals surface area contributed by atoms with Crippen molar-refractivity contribution in [1.29, 1.82) is 0 Å². The maximum absolute atomic E-state index is 11.3. The van der Waals surface area contributed by atoms with Crippen molar-refractivity contribution >= 4 is 11.9 Å². The molecule has 0 unspecified atom stereocenters. The Hall–Kier alpha value is -1.10. The van der Waals surface area contributed by atoms with Crippen LogP contribution in [0.2, 0.25) is 0 Å². The van der Waals surface area contributed by atoms with Crippen LogP contribution >= 0.6 is 0 Å². The second-order valence-electron chi connectivity index (χ2n) is 3.14. The first kappa shape index (κ1) is 9.98. The van der Waals surface area contributed by atoms with E-state index in [0.29, 0.717) is 13.1 Å². The van der Waals surface area contributed by atoms with E-state index in [1.807, 2.05) is 13.8 Å². The predicted octanol–water partition coefficient (Wildman–Crippen LogP) is -0.0368. The number of ether oxygens (including phenoxy) is 1. The average Bonchev–Trinajstić information content (AvgIpc) is 2.47. The molecular formula is C8H14N2O3. The van der Waals surface area contributed by atoms with Crippen LogP contribution in [0.25, 0.3) is 0 Å². The van der Waals surface area contributed by atoms with Crippen molar-refractivity contribution in [3.63, 3.8) is 0 Å². The van der Waals surface area contributed by atoms with E-state index in [9.17, 15) is 9.59 Å². The van der Waals surface area contributed by atoms with E-state index in [4.69, 9.17) is 4.74 Å². The van der Waals surface area contributed by atoms with Crippen molar-refractivity contribution in [3.05, 3.63) is 0 Å². The highest BCUT2D eigenvalue weighted by Crippen LogP contribution is 1.98. The van der Waals surface area contributed by atoms with Crippen LogP contribution in [0.3, 0.4) is 0 Å². The van der Waals surface area contributed by atoms with Gasteiger partial charge < -0.3 is 10.1 Å². The summed E-state index contributed by atoms with van der Waals surface area (Å²) in [6.45, 7) is 4.64. The van der Waals surface area contributed by atoms with E-state index in [-0.39, 0.29) is 24.6 Å². The summed E-state index contributed by atoms with van der Waals surface area (Å²) in [7, 11) is 0. The van der Waals surface area contributed by atoms with Gasteiger partial charge in [0.15, 0.2) is 0 Å². The lowest BCUT2D eigenvalue weighted by Crippen LogP contribution is -2.37. The molecule has 1 heterocycles. The molecule has 5 heteroatoms. The molecule has 0 spiro atoms. The summed E-state index contributed by atoms with van der Waals surface area (Å²) in [5.74, 6) is -0.274. The third-order valence-electron chi connectivity index (χ3n) is 1.70. The van der Waals surface area contributed by atoms with E-state index in [1.54, 1.807) is 0 Å². The van der Waals surface area contributed by atoms with Gasteiger partial charge in [-0.05, 0) is 13.8 Å². The number of hydrogen-bond acceptors (Lipinski definition) is 3. The Bertz CT molecular complexity index is 215. The fourth-order valence-electron chi connectivity index (χ4n) is 1.03. The van der Waals surface area contributed by atoms with Crippen molar-refractivity contribution in [2.75, 3.05) is 19.7 Å². The highest BCUT2D eigenvalue weighted by molar-refractivity contribution is 5.96. The number of rotatable bonds is 3. The first-order chi connectivity index (χ1) is 6.11. The van der Waals surface area contributed by atoms with Gasteiger partial charge in [-0.15, -0.1) is 0 Å². The van der Waals surface area contributed by atoms with Gasteiger partial charge in [0.2, 0.25) is 0 Å². The third kappa shape index (κ3) is 2.69. The number of hydrogen-bond donors (Lipinski definition) is 1. The first-order valence-corrected chi connectivity index (χ1v) is 4.31. The maximum atomic E-state index is 11.3. The molecule has 1 aliphatic heterocycles. The topological polar surface area (TPSA) is 58.6 Å². The lowest BCUT2D eigenvalue weighted by Gasteiger charge is -2.13. The molecule has 0 radical (unpaired) electrons. The van der Waals surface area contributed by atoms with Crippen LogP contribution in [0, 0.1) is 0 Å². The van der Waals surface area contributed by atoms with Gasteiger partial charge in [-0.2, -0.15) is 0 Å². The average molecular weight is 186 g/mol. The molecule has 0 aromatic carbocycles. The monoisotopic (exact) mass is 186 g/mol. The minimum absolute atomic E-state index is 0.00890. The second kappa shape index (κ2) is 4.23. The summed E-state index contributed by atoms with van der Waals surface area (Å²) in [6.07, 6.45) is 0.00890. The molecule has 5 nitrogen and oxygen atoms in total. The summed E-state index contributed by atoms with van der Waals surface area (Å²) in [5.41, 5.74) is 0. The van der Waals surface area contributed by atoms with Crippen LogP contribution in [0.15, 0.2) is 0 Å². The summed E-state index contributed by atoms with van der Waals surface area (Å²) in [4.78, 5) is 23.5. The fourth-order valence-corrected chi connectivity index (χ4v) is 1.03. The zero-order valence-electron chi connectivity index (χ0n) is 7.87. The number of carbonyl (C=O) groups excluding carboxylic acids is 2. The Morgan fingerprint density at radius 1 is 1.69 bits per heavy atom. The van der Waals surface area contributed by atoms with Crippen molar-refractivity contribution in [1.82, 2.24) is 10.2 Å². The zero-order valence-corrected chi connectivity index (χ0v) is 7.87. The van der Waals surface area contributed by atoms with Crippen LogP contribution < -0.4 is 5.32 Å². The number of carbonyl (C=O) groups is 2. The molecule has 74 valence electrons. The quantitative estimate of drug-likeness (QED) is 0.673. The normalized spacial score (nSPS) is 16.5. The third-order valence-corrected chi connectivity index (χ3v) is 1.70. The first-order valence-electron chi connectivity index (χ1n) is 4.31. The van der Waals surface area contributed by atoms with E-state index < -0.39 is 0 Å². The minimum Gasteiger partial charge on any atom is -0.369 e. The van der Waals surface area contributed by atoms with Gasteiger partial charge in [0.1, 0.15) is 6.61 Å². The van der Waals surface area contributed by atoms with E-state index in [0.717, 1.165) is 0 Å². The molecule has 1 saturated heterocycles. The van der Waals surface area contributed by atoms with Crippen LogP contribution in [-0.4, -0.2) is 42.6 Å². The Balaban J connectivity index is 2.34.